The summed E-state index contributed by atoms with van der Waals surface area (Å²) in [6.45, 7) is 0. The van der Waals surface area contributed by atoms with E-state index < -0.39 is 6.09 Å². The standard InChI is InChI=1S/C22H18N2O2/c25-22(23-18-10-2-1-3-11-18)26-24-21-19-12-6-4-8-16(19)14-15-17-9-5-7-13-20(17)21/h1-13H,14-15H2,(H,23,25). The van der Waals surface area contributed by atoms with Crippen molar-refractivity contribution < 1.29 is 9.63 Å². The van der Waals surface area contributed by atoms with Crippen LogP contribution in [0.3, 0.4) is 0 Å². The smallest absolute Gasteiger partial charge is 0.297 e. The number of rotatable bonds is 2. The summed E-state index contributed by atoms with van der Waals surface area (Å²) >= 11 is 0. The minimum atomic E-state index is -0.608. The van der Waals surface area contributed by atoms with E-state index in [2.05, 4.69) is 22.6 Å². The van der Waals surface area contributed by atoms with E-state index >= 15 is 0 Å². The number of nitrogens with one attached hydrogen (secondary N) is 1. The van der Waals surface area contributed by atoms with Gasteiger partial charge in [0.25, 0.3) is 0 Å². The fraction of sp³-hybridized carbons (Fsp3) is 0.0909. The quantitative estimate of drug-likeness (QED) is 0.538. The predicted octanol–water partition coefficient (Wildman–Crippen LogP) is 4.79. The molecular formula is C22H18N2O2. The lowest BCUT2D eigenvalue weighted by molar-refractivity contribution is 0.166. The molecule has 0 saturated heterocycles. The normalized spacial score (nSPS) is 12.4. The van der Waals surface area contributed by atoms with Crippen LogP contribution in [0.2, 0.25) is 0 Å². The summed E-state index contributed by atoms with van der Waals surface area (Å²) in [6.07, 6.45) is 1.26. The lowest BCUT2D eigenvalue weighted by Crippen LogP contribution is -2.14. The molecule has 26 heavy (non-hydrogen) atoms. The summed E-state index contributed by atoms with van der Waals surface area (Å²) in [5.74, 6) is 0. The number of aryl methyl sites for hydroxylation is 2. The van der Waals surface area contributed by atoms with Crippen LogP contribution in [0.25, 0.3) is 0 Å². The third-order valence-corrected chi connectivity index (χ3v) is 4.45. The Balaban J connectivity index is 1.66. The van der Waals surface area contributed by atoms with Gasteiger partial charge in [0, 0.05) is 16.8 Å². The number of benzene rings is 3. The van der Waals surface area contributed by atoms with Gasteiger partial charge in [-0.3, -0.25) is 10.2 Å². The Morgan fingerprint density at radius 2 is 1.31 bits per heavy atom. The molecule has 0 unspecified atom stereocenters. The van der Waals surface area contributed by atoms with Gasteiger partial charge in [0.2, 0.25) is 0 Å². The maximum Gasteiger partial charge on any atom is 0.437 e. The third-order valence-electron chi connectivity index (χ3n) is 4.45. The fourth-order valence-corrected chi connectivity index (χ4v) is 3.20. The Hall–Kier alpha value is -3.40. The number of hydrogen-bond acceptors (Lipinski definition) is 3. The van der Waals surface area contributed by atoms with Crippen LogP contribution in [-0.4, -0.2) is 11.8 Å². The van der Waals surface area contributed by atoms with E-state index in [1.54, 1.807) is 12.1 Å². The Bertz CT molecular complexity index is 915. The van der Waals surface area contributed by atoms with Crippen molar-refractivity contribution in [2.75, 3.05) is 5.32 Å². The van der Waals surface area contributed by atoms with E-state index in [0.717, 1.165) is 24.0 Å². The second-order valence-electron chi connectivity index (χ2n) is 6.12. The number of carbonyl (C=O) groups is 1. The van der Waals surface area contributed by atoms with Gasteiger partial charge in [-0.05, 0) is 36.1 Å². The van der Waals surface area contributed by atoms with Gasteiger partial charge < -0.3 is 0 Å². The van der Waals surface area contributed by atoms with Gasteiger partial charge in [0.1, 0.15) is 5.71 Å². The molecule has 128 valence electrons. The molecule has 1 aliphatic rings. The summed E-state index contributed by atoms with van der Waals surface area (Å²) in [4.78, 5) is 17.3. The molecule has 0 aliphatic heterocycles. The Labute approximate surface area is 152 Å². The molecule has 0 fully saturated rings. The number of amides is 1. The molecule has 4 nitrogen and oxygen atoms in total. The zero-order chi connectivity index (χ0) is 17.8. The van der Waals surface area contributed by atoms with Crippen LogP contribution < -0.4 is 5.32 Å². The van der Waals surface area contributed by atoms with E-state index in [1.807, 2.05) is 54.6 Å². The predicted molar refractivity (Wildman–Crippen MR) is 102 cm³/mol. The summed E-state index contributed by atoms with van der Waals surface area (Å²) < 4.78 is 0. The van der Waals surface area contributed by atoms with Crippen LogP contribution in [0.15, 0.2) is 84.0 Å². The van der Waals surface area contributed by atoms with Crippen molar-refractivity contribution in [2.45, 2.75) is 12.8 Å². The molecule has 0 aromatic heterocycles. The Morgan fingerprint density at radius 3 is 1.92 bits per heavy atom. The molecule has 1 aliphatic carbocycles. The van der Waals surface area contributed by atoms with E-state index in [1.165, 1.54) is 11.1 Å². The molecule has 1 amide bonds. The lowest BCUT2D eigenvalue weighted by Gasteiger charge is -2.10. The summed E-state index contributed by atoms with van der Waals surface area (Å²) in [5, 5.41) is 6.90. The summed E-state index contributed by atoms with van der Waals surface area (Å²) in [7, 11) is 0. The van der Waals surface area contributed by atoms with E-state index in [9.17, 15) is 4.79 Å². The van der Waals surface area contributed by atoms with Gasteiger partial charge in [-0.15, -0.1) is 0 Å². The molecule has 1 N–H and O–H groups in total. The summed E-state index contributed by atoms with van der Waals surface area (Å²) in [5.41, 5.74) is 5.77. The number of nitrogens with zero attached hydrogens (tertiary/aromatic N) is 1. The molecule has 0 radical (unpaired) electrons. The Morgan fingerprint density at radius 1 is 0.769 bits per heavy atom. The van der Waals surface area contributed by atoms with Crippen LogP contribution in [0.4, 0.5) is 10.5 Å². The maximum absolute atomic E-state index is 12.1. The number of carbonyl (C=O) groups excluding carboxylic acids is 1. The van der Waals surface area contributed by atoms with Gasteiger partial charge in [0.15, 0.2) is 0 Å². The van der Waals surface area contributed by atoms with E-state index in [0.29, 0.717) is 11.4 Å². The van der Waals surface area contributed by atoms with Crippen LogP contribution >= 0.6 is 0 Å². The molecule has 0 heterocycles. The third kappa shape index (κ3) is 3.35. The number of oxime groups is 1. The first-order valence-electron chi connectivity index (χ1n) is 8.59. The molecule has 0 saturated carbocycles. The number of fused-ring (bicyclic) bond motifs is 2. The molecule has 0 spiro atoms. The van der Waals surface area contributed by atoms with Crippen molar-refractivity contribution in [2.24, 2.45) is 5.16 Å². The van der Waals surface area contributed by atoms with Crippen LogP contribution in [0, 0.1) is 0 Å². The molecule has 3 aromatic carbocycles. The number of anilines is 1. The highest BCUT2D eigenvalue weighted by molar-refractivity contribution is 6.15. The minimum absolute atomic E-state index is 0.608. The summed E-state index contributed by atoms with van der Waals surface area (Å²) in [6, 6.07) is 25.4. The van der Waals surface area contributed by atoms with Gasteiger partial charge in [-0.2, -0.15) is 0 Å². The first-order chi connectivity index (χ1) is 12.8. The van der Waals surface area contributed by atoms with Gasteiger partial charge >= 0.3 is 6.09 Å². The highest BCUT2D eigenvalue weighted by Crippen LogP contribution is 2.25. The number of para-hydroxylation sites is 1. The largest absolute Gasteiger partial charge is 0.437 e. The lowest BCUT2D eigenvalue weighted by atomic mass is 9.98. The molecule has 0 bridgehead atoms. The van der Waals surface area contributed by atoms with Crippen molar-refractivity contribution in [3.05, 3.63) is 101 Å². The molecule has 0 atom stereocenters. The topological polar surface area (TPSA) is 50.7 Å². The highest BCUT2D eigenvalue weighted by atomic mass is 16.7. The molecule has 4 rings (SSSR count). The van der Waals surface area contributed by atoms with Crippen molar-refractivity contribution in [1.29, 1.82) is 0 Å². The Kier molecular flexibility index (Phi) is 4.48. The maximum atomic E-state index is 12.1. The van der Waals surface area contributed by atoms with Crippen molar-refractivity contribution in [3.8, 4) is 0 Å². The van der Waals surface area contributed by atoms with Crippen LogP contribution in [-0.2, 0) is 17.7 Å². The average molecular weight is 342 g/mol. The molecular weight excluding hydrogens is 324 g/mol. The zero-order valence-electron chi connectivity index (χ0n) is 14.2. The first kappa shape index (κ1) is 16.1. The van der Waals surface area contributed by atoms with E-state index in [-0.39, 0.29) is 0 Å². The average Bonchev–Trinajstić information content (AvgIpc) is 2.84. The van der Waals surface area contributed by atoms with Crippen molar-refractivity contribution >= 4 is 17.5 Å². The zero-order valence-corrected chi connectivity index (χ0v) is 14.2. The minimum Gasteiger partial charge on any atom is -0.297 e. The fourth-order valence-electron chi connectivity index (χ4n) is 3.20. The van der Waals surface area contributed by atoms with Gasteiger partial charge in [-0.25, -0.2) is 4.79 Å². The highest BCUT2D eigenvalue weighted by Gasteiger charge is 2.20. The monoisotopic (exact) mass is 342 g/mol. The van der Waals surface area contributed by atoms with Gasteiger partial charge in [0.05, 0.1) is 0 Å². The molecule has 4 heteroatoms. The van der Waals surface area contributed by atoms with Crippen molar-refractivity contribution in [3.63, 3.8) is 0 Å². The van der Waals surface area contributed by atoms with Crippen LogP contribution in [0.1, 0.15) is 22.3 Å². The number of hydrogen-bond donors (Lipinski definition) is 1. The second kappa shape index (κ2) is 7.23. The van der Waals surface area contributed by atoms with Crippen LogP contribution in [0.5, 0.6) is 0 Å². The van der Waals surface area contributed by atoms with Crippen molar-refractivity contribution in [1.82, 2.24) is 0 Å². The van der Waals surface area contributed by atoms with Gasteiger partial charge in [-0.1, -0.05) is 71.9 Å². The second-order valence-corrected chi connectivity index (χ2v) is 6.12. The van der Waals surface area contributed by atoms with E-state index in [4.69, 9.17) is 4.84 Å². The first-order valence-corrected chi connectivity index (χ1v) is 8.59. The molecule has 3 aromatic rings. The SMILES string of the molecule is O=C(Nc1ccccc1)ON=C1c2ccccc2CCc2ccccc21.